The first-order valence-corrected chi connectivity index (χ1v) is 9.43. The van der Waals surface area contributed by atoms with Crippen LogP contribution in [-0.2, 0) is 20.8 Å². The Labute approximate surface area is 159 Å². The second-order valence-electron chi connectivity index (χ2n) is 7.15. The molecular formula is C20H28N2O5. The van der Waals surface area contributed by atoms with Crippen LogP contribution in [0.2, 0.25) is 0 Å². The largest absolute Gasteiger partial charge is 0.481 e. The summed E-state index contributed by atoms with van der Waals surface area (Å²) in [6, 6.07) is 8.98. The Morgan fingerprint density at radius 3 is 2.37 bits per heavy atom. The number of carboxylic acids is 1. The molecule has 2 rings (SSSR count). The molecule has 3 atom stereocenters. The fourth-order valence-corrected chi connectivity index (χ4v) is 3.86. The van der Waals surface area contributed by atoms with E-state index >= 15 is 0 Å². The highest BCUT2D eigenvalue weighted by molar-refractivity contribution is 5.90. The van der Waals surface area contributed by atoms with Crippen molar-refractivity contribution in [2.45, 2.75) is 51.0 Å². The van der Waals surface area contributed by atoms with Crippen molar-refractivity contribution >= 4 is 17.8 Å². The summed E-state index contributed by atoms with van der Waals surface area (Å²) in [5, 5.41) is 18.5. The van der Waals surface area contributed by atoms with E-state index in [2.05, 4.69) is 0 Å². The second-order valence-corrected chi connectivity index (χ2v) is 7.15. The van der Waals surface area contributed by atoms with Crippen LogP contribution in [0.4, 0.5) is 0 Å². The molecule has 7 heteroatoms. The number of likely N-dealkylation sites (N-methyl/N-ethyl adjacent to an activating group) is 1. The highest BCUT2D eigenvalue weighted by Crippen LogP contribution is 2.32. The zero-order valence-electron chi connectivity index (χ0n) is 15.6. The van der Waals surface area contributed by atoms with Gasteiger partial charge in [0.1, 0.15) is 6.04 Å². The van der Waals surface area contributed by atoms with Gasteiger partial charge in [0.2, 0.25) is 5.91 Å². The molecule has 1 aromatic rings. The Bertz CT molecular complexity index is 649. The average Bonchev–Trinajstić information content (AvgIpc) is 2.70. The summed E-state index contributed by atoms with van der Waals surface area (Å²) < 4.78 is 0. The zero-order valence-corrected chi connectivity index (χ0v) is 15.6. The molecule has 1 saturated carbocycles. The summed E-state index contributed by atoms with van der Waals surface area (Å²) in [4.78, 5) is 37.8. The molecule has 27 heavy (non-hydrogen) atoms. The number of hydrogen-bond acceptors (Lipinski definition) is 4. The number of carbonyl (C=O) groups excluding carboxylic acids is 2. The van der Waals surface area contributed by atoms with Gasteiger partial charge in [-0.1, -0.05) is 43.2 Å². The predicted molar refractivity (Wildman–Crippen MR) is 99.0 cm³/mol. The van der Waals surface area contributed by atoms with Gasteiger partial charge in [-0.3, -0.25) is 19.6 Å². The van der Waals surface area contributed by atoms with Gasteiger partial charge in [0.05, 0.1) is 11.8 Å². The van der Waals surface area contributed by atoms with Gasteiger partial charge in [0.15, 0.2) is 0 Å². The second kappa shape index (κ2) is 10.1. The van der Waals surface area contributed by atoms with Gasteiger partial charge in [-0.2, -0.15) is 0 Å². The molecule has 1 fully saturated rings. The minimum Gasteiger partial charge on any atom is -0.481 e. The standard InChI is InChI=1S/C20H28N2O5/c1-22(19(24)15-11-5-6-12-16(15)20(25)26)17(18(23)21-27)13-7-10-14-8-3-2-4-9-14/h2-4,8-9,15-17,27H,5-7,10-13H2,1H3,(H,21,23)(H,25,26). The maximum Gasteiger partial charge on any atom is 0.307 e. The number of aryl methyl sites for hydroxylation is 1. The lowest BCUT2D eigenvalue weighted by atomic mass is 9.78. The Morgan fingerprint density at radius 2 is 1.78 bits per heavy atom. The molecule has 148 valence electrons. The van der Waals surface area contributed by atoms with E-state index in [4.69, 9.17) is 5.21 Å². The number of rotatable bonds is 8. The summed E-state index contributed by atoms with van der Waals surface area (Å²) in [6.45, 7) is 0. The maximum absolute atomic E-state index is 12.9. The molecule has 0 heterocycles. The molecule has 1 aliphatic carbocycles. The minimum atomic E-state index is -0.964. The lowest BCUT2D eigenvalue weighted by molar-refractivity contribution is -0.154. The van der Waals surface area contributed by atoms with Crippen molar-refractivity contribution in [2.24, 2.45) is 11.8 Å². The van der Waals surface area contributed by atoms with Crippen molar-refractivity contribution < 1.29 is 24.7 Å². The molecule has 0 radical (unpaired) electrons. The van der Waals surface area contributed by atoms with Crippen molar-refractivity contribution in [1.82, 2.24) is 10.4 Å². The number of hydrogen-bond donors (Lipinski definition) is 3. The molecule has 2 amide bonds. The number of carboxylic acid groups (broad SMARTS) is 1. The van der Waals surface area contributed by atoms with E-state index in [-0.39, 0.29) is 5.91 Å². The molecule has 3 N–H and O–H groups in total. The van der Waals surface area contributed by atoms with Gasteiger partial charge in [-0.15, -0.1) is 0 Å². The monoisotopic (exact) mass is 376 g/mol. The molecule has 1 aliphatic rings. The van der Waals surface area contributed by atoms with Gasteiger partial charge >= 0.3 is 5.97 Å². The van der Waals surface area contributed by atoms with Crippen molar-refractivity contribution in [1.29, 1.82) is 0 Å². The predicted octanol–water partition coefficient (Wildman–Crippen LogP) is 2.23. The van der Waals surface area contributed by atoms with Crippen LogP contribution in [0.15, 0.2) is 30.3 Å². The van der Waals surface area contributed by atoms with Crippen LogP contribution < -0.4 is 5.48 Å². The quantitative estimate of drug-likeness (QED) is 0.476. The van der Waals surface area contributed by atoms with E-state index < -0.39 is 29.8 Å². The van der Waals surface area contributed by atoms with Gasteiger partial charge in [0, 0.05) is 7.05 Å². The number of nitrogens with one attached hydrogen (secondary N) is 1. The van der Waals surface area contributed by atoms with Gasteiger partial charge in [-0.25, -0.2) is 5.48 Å². The lowest BCUT2D eigenvalue weighted by Crippen LogP contribution is -2.50. The van der Waals surface area contributed by atoms with Crippen LogP contribution in [0, 0.1) is 11.8 Å². The third-order valence-electron chi connectivity index (χ3n) is 5.41. The molecule has 0 aliphatic heterocycles. The van der Waals surface area contributed by atoms with Gasteiger partial charge in [-0.05, 0) is 37.7 Å². The normalized spacial score (nSPS) is 20.5. The Kier molecular flexibility index (Phi) is 7.79. The van der Waals surface area contributed by atoms with Crippen molar-refractivity contribution in [3.8, 4) is 0 Å². The molecule has 7 nitrogen and oxygen atoms in total. The number of benzene rings is 1. The topological polar surface area (TPSA) is 107 Å². The first-order chi connectivity index (χ1) is 13.0. The lowest BCUT2D eigenvalue weighted by Gasteiger charge is -2.34. The number of amides is 2. The summed E-state index contributed by atoms with van der Waals surface area (Å²) >= 11 is 0. The van der Waals surface area contributed by atoms with Crippen LogP contribution in [-0.4, -0.2) is 46.1 Å². The number of aliphatic carboxylic acids is 1. The summed E-state index contributed by atoms with van der Waals surface area (Å²) in [6.07, 6.45) is 4.38. The molecule has 3 unspecified atom stereocenters. The number of carbonyl (C=O) groups is 3. The molecular weight excluding hydrogens is 348 g/mol. The smallest absolute Gasteiger partial charge is 0.307 e. The average molecular weight is 376 g/mol. The Balaban J connectivity index is 2.04. The molecule has 0 aromatic heterocycles. The third kappa shape index (κ3) is 5.53. The van der Waals surface area contributed by atoms with Crippen molar-refractivity contribution in [2.75, 3.05) is 7.05 Å². The number of nitrogens with zero attached hydrogens (tertiary/aromatic N) is 1. The van der Waals surface area contributed by atoms with Crippen molar-refractivity contribution in [3.63, 3.8) is 0 Å². The van der Waals surface area contributed by atoms with Gasteiger partial charge in [0.25, 0.3) is 5.91 Å². The Morgan fingerprint density at radius 1 is 1.15 bits per heavy atom. The van der Waals surface area contributed by atoms with Crippen molar-refractivity contribution in [3.05, 3.63) is 35.9 Å². The molecule has 0 spiro atoms. The van der Waals surface area contributed by atoms with Crippen LogP contribution in [0.1, 0.15) is 44.1 Å². The summed E-state index contributed by atoms with van der Waals surface area (Å²) in [5.74, 6) is -3.29. The third-order valence-corrected chi connectivity index (χ3v) is 5.41. The van der Waals surface area contributed by atoms with Crippen LogP contribution >= 0.6 is 0 Å². The van der Waals surface area contributed by atoms with Crippen LogP contribution in [0.25, 0.3) is 0 Å². The SMILES string of the molecule is CN(C(=O)C1CCCCC1C(=O)O)C(CCCc1ccccc1)C(=O)NO. The molecule has 0 bridgehead atoms. The van der Waals surface area contributed by atoms with Crippen LogP contribution in [0.5, 0.6) is 0 Å². The van der Waals surface area contributed by atoms with E-state index in [1.807, 2.05) is 30.3 Å². The summed E-state index contributed by atoms with van der Waals surface area (Å²) in [5.41, 5.74) is 2.77. The first kappa shape index (κ1) is 20.9. The van der Waals surface area contributed by atoms with E-state index in [1.54, 1.807) is 5.48 Å². The van der Waals surface area contributed by atoms with E-state index in [9.17, 15) is 19.5 Å². The minimum absolute atomic E-state index is 0.338. The molecule has 0 saturated heterocycles. The number of hydroxylamine groups is 1. The van der Waals surface area contributed by atoms with Gasteiger partial charge < -0.3 is 10.0 Å². The highest BCUT2D eigenvalue weighted by Gasteiger charge is 2.39. The molecule has 1 aromatic carbocycles. The first-order valence-electron chi connectivity index (χ1n) is 9.43. The van der Waals surface area contributed by atoms with Crippen LogP contribution in [0.3, 0.4) is 0 Å². The Hall–Kier alpha value is -2.41. The van der Waals surface area contributed by atoms with E-state index in [1.165, 1.54) is 11.9 Å². The maximum atomic E-state index is 12.9. The van der Waals surface area contributed by atoms with E-state index in [0.29, 0.717) is 25.7 Å². The van der Waals surface area contributed by atoms with E-state index in [0.717, 1.165) is 24.8 Å². The zero-order chi connectivity index (χ0) is 19.8. The summed E-state index contributed by atoms with van der Waals surface area (Å²) in [7, 11) is 1.51. The fraction of sp³-hybridized carbons (Fsp3) is 0.550. The highest BCUT2D eigenvalue weighted by atomic mass is 16.5. The fourth-order valence-electron chi connectivity index (χ4n) is 3.86.